The number of aryl methyl sites for hydroxylation is 1. The summed E-state index contributed by atoms with van der Waals surface area (Å²) in [5.41, 5.74) is 4.70. The van der Waals surface area contributed by atoms with Crippen molar-refractivity contribution >= 4 is 23.2 Å². The minimum atomic E-state index is -2.57. The smallest absolute Gasteiger partial charge is 0.255 e. The van der Waals surface area contributed by atoms with E-state index in [1.54, 1.807) is 0 Å². The van der Waals surface area contributed by atoms with Crippen LogP contribution in [0.1, 0.15) is 67.7 Å². The average Bonchev–Trinajstić information content (AvgIpc) is 2.86. The highest BCUT2D eigenvalue weighted by Gasteiger charge is 2.60. The van der Waals surface area contributed by atoms with Crippen LogP contribution in [-0.2, 0) is 27.2 Å². The second-order valence-electron chi connectivity index (χ2n) is 10.3. The molecule has 1 aromatic carbocycles. The van der Waals surface area contributed by atoms with Gasteiger partial charge in [-0.15, -0.1) is 0 Å². The zero-order valence-electron chi connectivity index (χ0n) is 20.6. The van der Waals surface area contributed by atoms with Crippen molar-refractivity contribution in [3.63, 3.8) is 0 Å². The number of hydrogen-bond donors (Lipinski definition) is 5. The van der Waals surface area contributed by atoms with Gasteiger partial charge in [0.05, 0.1) is 11.1 Å². The van der Waals surface area contributed by atoms with Crippen LogP contribution in [-0.4, -0.2) is 43.5 Å². The fraction of sp³-hybridized carbons (Fsp3) is 0.414. The third-order valence-corrected chi connectivity index (χ3v) is 8.19. The number of primary amides is 1. The molecule has 0 spiro atoms. The number of aliphatic hydroxyl groups is 3. The Bertz CT molecular complexity index is 1420. The molecule has 192 valence electrons. The first-order valence-corrected chi connectivity index (χ1v) is 12.7. The van der Waals surface area contributed by atoms with Crippen LogP contribution in [0.2, 0.25) is 0 Å². The highest BCUT2D eigenvalue weighted by atomic mass is 16.3. The van der Waals surface area contributed by atoms with Crippen LogP contribution >= 0.6 is 0 Å². The van der Waals surface area contributed by atoms with Crippen LogP contribution in [0.3, 0.4) is 0 Å². The van der Waals surface area contributed by atoms with E-state index < -0.39 is 52.0 Å². The van der Waals surface area contributed by atoms with E-state index in [-0.39, 0.29) is 29.7 Å². The lowest BCUT2D eigenvalue weighted by atomic mass is 9.59. The molecule has 3 atom stereocenters. The number of aliphatic hydroxyl groups excluding tert-OH is 2. The predicted octanol–water partition coefficient (Wildman–Crippen LogP) is 2.84. The Kier molecular flexibility index (Phi) is 5.99. The van der Waals surface area contributed by atoms with Crippen LogP contribution in [0.15, 0.2) is 34.6 Å². The molecular weight excluding hydrogens is 474 g/mol. The highest BCUT2D eigenvalue weighted by molar-refractivity contribution is 6.22. The Morgan fingerprint density at radius 2 is 1.92 bits per heavy atom. The van der Waals surface area contributed by atoms with Gasteiger partial charge < -0.3 is 26.2 Å². The molecule has 0 aromatic heterocycles. The Hall–Kier alpha value is -3.83. The number of fused-ring (bicyclic) bond motifs is 3. The van der Waals surface area contributed by atoms with E-state index in [0.29, 0.717) is 24.0 Å². The van der Waals surface area contributed by atoms with Crippen LogP contribution in [0, 0.1) is 23.7 Å². The highest BCUT2D eigenvalue weighted by Crippen LogP contribution is 2.52. The molecule has 0 unspecified atom stereocenters. The van der Waals surface area contributed by atoms with Crippen molar-refractivity contribution in [3.8, 4) is 17.6 Å². The maximum absolute atomic E-state index is 13.7. The topological polar surface area (TPSA) is 158 Å². The van der Waals surface area contributed by atoms with Gasteiger partial charge in [0.25, 0.3) is 5.91 Å². The van der Waals surface area contributed by atoms with Gasteiger partial charge in [-0.1, -0.05) is 24.8 Å². The molecule has 0 bridgehead atoms. The molecule has 4 aliphatic rings. The summed E-state index contributed by atoms with van der Waals surface area (Å²) in [5.74, 6) is -0.168. The number of aromatic hydroxyl groups is 1. The molecule has 4 aliphatic carbocycles. The van der Waals surface area contributed by atoms with E-state index in [4.69, 9.17) is 5.73 Å². The van der Waals surface area contributed by atoms with Crippen molar-refractivity contribution < 1.29 is 34.8 Å². The van der Waals surface area contributed by atoms with E-state index in [9.17, 15) is 34.8 Å². The number of carbonyl (C=O) groups is 3. The van der Waals surface area contributed by atoms with Crippen molar-refractivity contribution in [1.29, 1.82) is 0 Å². The zero-order valence-corrected chi connectivity index (χ0v) is 20.6. The molecule has 0 aliphatic heterocycles. The third kappa shape index (κ3) is 3.68. The third-order valence-electron chi connectivity index (χ3n) is 8.19. The Morgan fingerprint density at radius 1 is 1.16 bits per heavy atom. The van der Waals surface area contributed by atoms with E-state index in [1.807, 2.05) is 13.0 Å². The van der Waals surface area contributed by atoms with Gasteiger partial charge in [0, 0.05) is 17.9 Å². The van der Waals surface area contributed by atoms with Crippen molar-refractivity contribution in [2.75, 3.05) is 0 Å². The van der Waals surface area contributed by atoms with E-state index in [2.05, 4.69) is 17.9 Å². The SMILES string of the molecule is CCc1cc(C#CC2=CCCCC2)c(O)c2c1C[C@H]1C[C@H]3CC(=O)C(C(N)=O)=C(O)[C@@]3(O)C(=O)C1=C2O. The summed E-state index contributed by atoms with van der Waals surface area (Å²) < 4.78 is 0. The summed E-state index contributed by atoms with van der Waals surface area (Å²) in [7, 11) is 0. The van der Waals surface area contributed by atoms with Crippen LogP contribution in [0.25, 0.3) is 5.76 Å². The number of carbonyl (C=O) groups excluding carboxylic acids is 3. The summed E-state index contributed by atoms with van der Waals surface area (Å²) >= 11 is 0. The summed E-state index contributed by atoms with van der Waals surface area (Å²) in [6.07, 6.45) is 6.78. The lowest BCUT2D eigenvalue weighted by Crippen LogP contribution is -2.58. The van der Waals surface area contributed by atoms with Gasteiger partial charge in [0.15, 0.2) is 11.4 Å². The summed E-state index contributed by atoms with van der Waals surface area (Å²) in [6.45, 7) is 1.95. The minimum absolute atomic E-state index is 0.0911. The van der Waals surface area contributed by atoms with Gasteiger partial charge in [-0.05, 0) is 73.6 Å². The van der Waals surface area contributed by atoms with Crippen LogP contribution < -0.4 is 5.73 Å². The molecule has 1 aromatic rings. The number of phenolic OH excluding ortho intramolecular Hbond substituents is 1. The molecule has 0 heterocycles. The first-order chi connectivity index (χ1) is 17.6. The summed E-state index contributed by atoms with van der Waals surface area (Å²) in [5, 5.41) is 44.6. The van der Waals surface area contributed by atoms with Gasteiger partial charge in [-0.25, -0.2) is 0 Å². The largest absolute Gasteiger partial charge is 0.508 e. The number of rotatable bonds is 2. The normalized spacial score (nSPS) is 27.0. The molecule has 1 fully saturated rings. The standard InChI is InChI=1S/C29H29NO7/c1-2-15-10-16(9-8-14-6-4-3-5-7-14)24(32)22-19(15)12-17-11-18-13-20(31)23(28(30)36)27(35)29(18,37)26(34)21(17)25(22)33/h6,10,17-18,32-33,35,37H,2-5,7,11-13H2,1H3,(H2,30,36)/t17-,18+,29+/m1/s1. The van der Waals surface area contributed by atoms with Crippen LogP contribution in [0.4, 0.5) is 0 Å². The van der Waals surface area contributed by atoms with Crippen molar-refractivity contribution in [2.24, 2.45) is 17.6 Å². The first kappa shape index (κ1) is 24.8. The Labute approximate surface area is 214 Å². The molecule has 5 rings (SSSR count). The minimum Gasteiger partial charge on any atom is -0.508 e. The van der Waals surface area contributed by atoms with Gasteiger partial charge in [0.1, 0.15) is 22.8 Å². The molecular formula is C29H29NO7. The lowest BCUT2D eigenvalue weighted by Gasteiger charge is -2.46. The maximum atomic E-state index is 13.7. The second-order valence-corrected chi connectivity index (χ2v) is 10.3. The lowest BCUT2D eigenvalue weighted by molar-refractivity contribution is -0.147. The van der Waals surface area contributed by atoms with Crippen LogP contribution in [0.5, 0.6) is 5.75 Å². The number of nitrogens with two attached hydrogens (primary N) is 1. The molecule has 6 N–H and O–H groups in total. The number of Topliss-reactive ketones (excluding diaryl/α,β-unsaturated/α-hetero) is 2. The molecule has 37 heavy (non-hydrogen) atoms. The number of phenols is 1. The van der Waals surface area contributed by atoms with E-state index in [1.165, 1.54) is 0 Å². The van der Waals surface area contributed by atoms with Crippen molar-refractivity contribution in [3.05, 3.63) is 56.9 Å². The number of hydrogen-bond acceptors (Lipinski definition) is 7. The van der Waals surface area contributed by atoms with Crippen molar-refractivity contribution in [2.45, 2.75) is 63.9 Å². The van der Waals surface area contributed by atoms with Crippen molar-refractivity contribution in [1.82, 2.24) is 0 Å². The second kappa shape index (κ2) is 8.93. The Morgan fingerprint density at radius 3 is 2.57 bits per heavy atom. The molecule has 8 heteroatoms. The fourth-order valence-electron chi connectivity index (χ4n) is 6.28. The fourth-order valence-corrected chi connectivity index (χ4v) is 6.28. The monoisotopic (exact) mass is 503 g/mol. The predicted molar refractivity (Wildman–Crippen MR) is 134 cm³/mol. The number of ketones is 2. The number of allylic oxidation sites excluding steroid dienone is 2. The molecule has 1 amide bonds. The number of amides is 1. The van der Waals surface area contributed by atoms with E-state index in [0.717, 1.165) is 36.8 Å². The molecule has 0 saturated heterocycles. The quantitative estimate of drug-likeness (QED) is 0.307. The van der Waals surface area contributed by atoms with E-state index >= 15 is 0 Å². The van der Waals surface area contributed by atoms with Gasteiger partial charge in [-0.3, -0.25) is 14.4 Å². The molecule has 8 nitrogen and oxygen atoms in total. The maximum Gasteiger partial charge on any atom is 0.255 e. The molecule has 0 radical (unpaired) electrons. The number of benzene rings is 1. The zero-order chi connectivity index (χ0) is 26.6. The van der Waals surface area contributed by atoms with Gasteiger partial charge in [0.2, 0.25) is 5.78 Å². The van der Waals surface area contributed by atoms with Gasteiger partial charge in [-0.2, -0.15) is 0 Å². The first-order valence-electron chi connectivity index (χ1n) is 12.7. The summed E-state index contributed by atoms with van der Waals surface area (Å²) in [6, 6.07) is 1.81. The summed E-state index contributed by atoms with van der Waals surface area (Å²) in [4.78, 5) is 37.9. The van der Waals surface area contributed by atoms with Gasteiger partial charge >= 0.3 is 0 Å². The Balaban J connectivity index is 1.66. The average molecular weight is 504 g/mol. The molecule has 1 saturated carbocycles.